The number of nitrogens with two attached hydrogens (primary N) is 1. The molecule has 1 heterocycles. The largest absolute Gasteiger partial charge is 0.397 e. The Hall–Kier alpha value is -2.03. The highest BCUT2D eigenvalue weighted by molar-refractivity contribution is 6.15. The molecule has 0 unspecified atom stereocenters. The van der Waals surface area contributed by atoms with Crippen LogP contribution in [0.4, 0.5) is 0 Å². The van der Waals surface area contributed by atoms with E-state index in [0.29, 0.717) is 5.70 Å². The monoisotopic (exact) mass is 227 g/mol. The van der Waals surface area contributed by atoms with Crippen LogP contribution in [0.1, 0.15) is 25.0 Å². The topological polar surface area (TPSA) is 41.6 Å². The minimum atomic E-state index is 0.241. The van der Waals surface area contributed by atoms with E-state index in [-0.39, 0.29) is 6.04 Å². The molecule has 0 atom stereocenters. The van der Waals surface area contributed by atoms with E-state index >= 15 is 0 Å². The van der Waals surface area contributed by atoms with Crippen LogP contribution in [0.3, 0.4) is 0 Å². The van der Waals surface area contributed by atoms with E-state index < -0.39 is 0 Å². The van der Waals surface area contributed by atoms with Crippen LogP contribution < -0.4 is 5.73 Å². The third kappa shape index (κ3) is 1.84. The van der Waals surface area contributed by atoms with Crippen LogP contribution in [0.2, 0.25) is 0 Å². The summed E-state index contributed by atoms with van der Waals surface area (Å²) in [5.41, 5.74) is 10.0. The zero-order valence-corrected chi connectivity index (χ0v) is 10.3. The zero-order valence-electron chi connectivity index (χ0n) is 10.3. The minimum absolute atomic E-state index is 0.241. The molecule has 1 aliphatic rings. The molecule has 0 aromatic heterocycles. The van der Waals surface area contributed by atoms with Crippen LogP contribution in [0.15, 0.2) is 48.2 Å². The van der Waals surface area contributed by atoms with Crippen LogP contribution in [-0.4, -0.2) is 16.8 Å². The van der Waals surface area contributed by atoms with Crippen molar-refractivity contribution < 1.29 is 0 Å². The molecule has 3 nitrogen and oxygen atoms in total. The Morgan fingerprint density at radius 2 is 1.88 bits per heavy atom. The fourth-order valence-corrected chi connectivity index (χ4v) is 1.95. The number of hydrazone groups is 1. The Balaban J connectivity index is 2.62. The highest BCUT2D eigenvalue weighted by atomic mass is 15.5. The normalized spacial score (nSPS) is 14.6. The van der Waals surface area contributed by atoms with Crippen LogP contribution in [-0.2, 0) is 0 Å². The van der Waals surface area contributed by atoms with Crippen molar-refractivity contribution in [2.75, 3.05) is 0 Å². The van der Waals surface area contributed by atoms with Crippen LogP contribution in [0.5, 0.6) is 0 Å². The first-order valence-electron chi connectivity index (χ1n) is 5.63. The van der Waals surface area contributed by atoms with Crippen molar-refractivity contribution in [2.45, 2.75) is 19.9 Å². The summed E-state index contributed by atoms with van der Waals surface area (Å²) in [5.74, 6) is 0. The van der Waals surface area contributed by atoms with Crippen LogP contribution in [0, 0.1) is 0 Å². The Morgan fingerprint density at radius 1 is 1.29 bits per heavy atom. The summed E-state index contributed by atoms with van der Waals surface area (Å²) in [6.07, 6.45) is 0. The summed E-state index contributed by atoms with van der Waals surface area (Å²) >= 11 is 0. The van der Waals surface area contributed by atoms with Gasteiger partial charge in [0.05, 0.1) is 11.4 Å². The second kappa shape index (κ2) is 4.09. The smallest absolute Gasteiger partial charge is 0.114 e. The summed E-state index contributed by atoms with van der Waals surface area (Å²) in [4.78, 5) is 0. The lowest BCUT2D eigenvalue weighted by atomic mass is 9.97. The molecule has 1 aliphatic heterocycles. The fourth-order valence-electron chi connectivity index (χ4n) is 1.95. The molecule has 1 aromatic carbocycles. The molecule has 0 radical (unpaired) electrons. The lowest BCUT2D eigenvalue weighted by Gasteiger charge is -2.32. The zero-order chi connectivity index (χ0) is 12.6. The number of benzene rings is 1. The molecule has 0 saturated heterocycles. The molecular weight excluding hydrogens is 210 g/mol. The summed E-state index contributed by atoms with van der Waals surface area (Å²) < 4.78 is 0. The van der Waals surface area contributed by atoms with E-state index in [1.54, 1.807) is 0 Å². The number of nitrogens with zero attached hydrogens (tertiary/aromatic N) is 2. The number of hydrogen-bond acceptors (Lipinski definition) is 3. The van der Waals surface area contributed by atoms with Gasteiger partial charge >= 0.3 is 0 Å². The molecule has 1 aromatic rings. The molecule has 0 spiro atoms. The van der Waals surface area contributed by atoms with Crippen molar-refractivity contribution in [1.29, 1.82) is 0 Å². The highest BCUT2D eigenvalue weighted by Gasteiger charge is 2.24. The van der Waals surface area contributed by atoms with Crippen molar-refractivity contribution in [3.8, 4) is 0 Å². The molecule has 0 saturated carbocycles. The van der Waals surface area contributed by atoms with Gasteiger partial charge in [-0.15, -0.1) is 0 Å². The predicted molar refractivity (Wildman–Crippen MR) is 72.3 cm³/mol. The Bertz CT molecular complexity index is 512. The first-order valence-corrected chi connectivity index (χ1v) is 5.63. The van der Waals surface area contributed by atoms with E-state index in [1.165, 1.54) is 0 Å². The quantitative estimate of drug-likeness (QED) is 0.843. The van der Waals surface area contributed by atoms with Crippen molar-refractivity contribution in [1.82, 2.24) is 5.01 Å². The first kappa shape index (κ1) is 11.5. The summed E-state index contributed by atoms with van der Waals surface area (Å²) in [5, 5.41) is 6.41. The van der Waals surface area contributed by atoms with Gasteiger partial charge in [-0.3, -0.25) is 5.01 Å². The van der Waals surface area contributed by atoms with Gasteiger partial charge in [-0.1, -0.05) is 37.4 Å². The molecule has 2 N–H and O–H groups in total. The molecule has 0 aliphatic carbocycles. The van der Waals surface area contributed by atoms with Gasteiger partial charge in [-0.05, 0) is 13.8 Å². The first-order chi connectivity index (χ1) is 8.02. The third-order valence-corrected chi connectivity index (χ3v) is 2.77. The molecule has 0 bridgehead atoms. The maximum atomic E-state index is 5.81. The van der Waals surface area contributed by atoms with Crippen molar-refractivity contribution in [2.24, 2.45) is 10.8 Å². The van der Waals surface area contributed by atoms with Gasteiger partial charge in [0.25, 0.3) is 0 Å². The maximum Gasteiger partial charge on any atom is 0.114 e. The second-order valence-electron chi connectivity index (χ2n) is 4.40. The highest BCUT2D eigenvalue weighted by Crippen LogP contribution is 2.29. The average molecular weight is 227 g/mol. The van der Waals surface area contributed by atoms with Gasteiger partial charge in [-0.25, -0.2) is 0 Å². The van der Waals surface area contributed by atoms with E-state index in [1.807, 2.05) is 29.3 Å². The van der Waals surface area contributed by atoms with Gasteiger partial charge in [-0.2, -0.15) is 5.10 Å². The van der Waals surface area contributed by atoms with Gasteiger partial charge in [0.15, 0.2) is 0 Å². The SMILES string of the molecule is C=C(N)C1=NN(C(C)C)C(=C)c2ccccc21. The average Bonchev–Trinajstić information content (AvgIpc) is 2.29. The summed E-state index contributed by atoms with van der Waals surface area (Å²) in [6, 6.07) is 8.23. The van der Waals surface area contributed by atoms with Gasteiger partial charge in [0, 0.05) is 17.2 Å². The maximum absolute atomic E-state index is 5.81. The second-order valence-corrected chi connectivity index (χ2v) is 4.40. The molecule has 88 valence electrons. The molecule has 0 fully saturated rings. The third-order valence-electron chi connectivity index (χ3n) is 2.77. The number of allylic oxidation sites excluding steroid dienone is 1. The number of rotatable bonds is 2. The summed E-state index contributed by atoms with van der Waals surface area (Å²) in [7, 11) is 0. The lowest BCUT2D eigenvalue weighted by Crippen LogP contribution is -2.31. The van der Waals surface area contributed by atoms with Crippen LogP contribution in [0.25, 0.3) is 5.70 Å². The lowest BCUT2D eigenvalue weighted by molar-refractivity contribution is 0.346. The minimum Gasteiger partial charge on any atom is -0.397 e. The molecule has 17 heavy (non-hydrogen) atoms. The Kier molecular flexibility index (Phi) is 2.76. The number of fused-ring (bicyclic) bond motifs is 1. The Morgan fingerprint density at radius 3 is 2.41 bits per heavy atom. The van der Waals surface area contributed by atoms with Crippen molar-refractivity contribution in [3.05, 3.63) is 54.2 Å². The standard InChI is InChI=1S/C14H17N3/c1-9(2)17-11(4)12-7-5-6-8-13(12)14(16-17)10(3)15/h5-9H,3-4,15H2,1-2H3. The number of hydrogen-bond donors (Lipinski definition) is 1. The fraction of sp³-hybridized carbons (Fsp3) is 0.214. The van der Waals surface area contributed by atoms with Gasteiger partial charge in [0.1, 0.15) is 5.71 Å². The van der Waals surface area contributed by atoms with Crippen molar-refractivity contribution in [3.63, 3.8) is 0 Å². The van der Waals surface area contributed by atoms with E-state index in [9.17, 15) is 0 Å². The molecule has 2 rings (SSSR count). The molecular formula is C14H17N3. The van der Waals surface area contributed by atoms with E-state index in [2.05, 4.69) is 32.1 Å². The molecule has 0 amide bonds. The van der Waals surface area contributed by atoms with Crippen molar-refractivity contribution >= 4 is 11.4 Å². The summed E-state index contributed by atoms with van der Waals surface area (Å²) in [6.45, 7) is 12.0. The Labute approximate surface area is 102 Å². The predicted octanol–water partition coefficient (Wildman–Crippen LogP) is 2.56. The van der Waals surface area contributed by atoms with Gasteiger partial charge < -0.3 is 5.73 Å². The van der Waals surface area contributed by atoms with Crippen LogP contribution >= 0.6 is 0 Å². The molecule has 3 heteroatoms. The van der Waals surface area contributed by atoms with E-state index in [4.69, 9.17) is 5.73 Å². The van der Waals surface area contributed by atoms with Gasteiger partial charge in [0.2, 0.25) is 0 Å². The van der Waals surface area contributed by atoms with E-state index in [0.717, 1.165) is 22.5 Å².